The van der Waals surface area contributed by atoms with Crippen LogP contribution in [0.4, 0.5) is 0 Å². The Labute approximate surface area is 215 Å². The number of rotatable bonds is 6. The number of piperidine rings is 1. The smallest absolute Gasteiger partial charge is 0.0764 e. The summed E-state index contributed by atoms with van der Waals surface area (Å²) in [6.07, 6.45) is 4.37. The van der Waals surface area contributed by atoms with E-state index >= 15 is 0 Å². The summed E-state index contributed by atoms with van der Waals surface area (Å²) in [6, 6.07) is 33.0. The van der Waals surface area contributed by atoms with E-state index in [4.69, 9.17) is 5.10 Å². The van der Waals surface area contributed by atoms with Gasteiger partial charge < -0.3 is 0 Å². The summed E-state index contributed by atoms with van der Waals surface area (Å²) in [5.74, 6) is 0. The standard InChI is InChI=1S/C29H31N3.2ClH/c1-24-12-14-25(15-13-24)22-32-19-16-28(30-32)23-31-20-17-29(18-21-31,26-8-4-2-5-9-26)27-10-6-3-7-11-27;;/h2-16,19H,17-18,20-23H2,1H3;2*1H. The Bertz CT molecular complexity index is 1090. The lowest BCUT2D eigenvalue weighted by atomic mass is 9.68. The van der Waals surface area contributed by atoms with E-state index in [1.165, 1.54) is 22.3 Å². The van der Waals surface area contributed by atoms with Crippen molar-refractivity contribution in [2.45, 2.75) is 38.3 Å². The van der Waals surface area contributed by atoms with Crippen molar-refractivity contribution < 1.29 is 0 Å². The first-order chi connectivity index (χ1) is 15.7. The number of likely N-dealkylation sites (tertiary alicyclic amines) is 1. The molecule has 34 heavy (non-hydrogen) atoms. The molecule has 0 N–H and O–H groups in total. The second-order valence-corrected chi connectivity index (χ2v) is 9.08. The number of benzene rings is 3. The molecule has 3 aromatic carbocycles. The molecular formula is C29H33Cl2N3. The summed E-state index contributed by atoms with van der Waals surface area (Å²) in [5.41, 5.74) is 6.72. The highest BCUT2D eigenvalue weighted by Gasteiger charge is 2.37. The van der Waals surface area contributed by atoms with E-state index in [1.54, 1.807) is 0 Å². The normalized spacial score (nSPS) is 15.2. The minimum Gasteiger partial charge on any atom is -0.297 e. The quantitative estimate of drug-likeness (QED) is 0.299. The van der Waals surface area contributed by atoms with Crippen LogP contribution in [0.5, 0.6) is 0 Å². The minimum absolute atomic E-state index is 0. The zero-order chi connectivity index (χ0) is 21.8. The molecule has 1 aromatic heterocycles. The van der Waals surface area contributed by atoms with Crippen LogP contribution in [-0.2, 0) is 18.5 Å². The number of halogens is 2. The Balaban J connectivity index is 0.00000162. The first-order valence-electron chi connectivity index (χ1n) is 11.6. The molecule has 1 saturated heterocycles. The molecule has 2 heterocycles. The van der Waals surface area contributed by atoms with E-state index < -0.39 is 0 Å². The van der Waals surface area contributed by atoms with E-state index in [2.05, 4.69) is 114 Å². The van der Waals surface area contributed by atoms with Gasteiger partial charge in [0.25, 0.3) is 0 Å². The van der Waals surface area contributed by atoms with Gasteiger partial charge >= 0.3 is 0 Å². The maximum atomic E-state index is 4.85. The lowest BCUT2D eigenvalue weighted by Gasteiger charge is -2.42. The van der Waals surface area contributed by atoms with Crippen LogP contribution < -0.4 is 0 Å². The number of hydrogen-bond donors (Lipinski definition) is 0. The molecule has 4 aromatic rings. The molecule has 0 saturated carbocycles. The maximum Gasteiger partial charge on any atom is 0.0764 e. The highest BCUT2D eigenvalue weighted by Crippen LogP contribution is 2.41. The van der Waals surface area contributed by atoms with Crippen LogP contribution >= 0.6 is 24.8 Å². The lowest BCUT2D eigenvalue weighted by molar-refractivity contribution is 0.170. The predicted octanol–water partition coefficient (Wildman–Crippen LogP) is 6.67. The van der Waals surface area contributed by atoms with Crippen molar-refractivity contribution in [1.29, 1.82) is 0 Å². The van der Waals surface area contributed by atoms with Crippen LogP contribution in [0.1, 0.15) is 40.8 Å². The van der Waals surface area contributed by atoms with E-state index in [9.17, 15) is 0 Å². The van der Waals surface area contributed by atoms with Gasteiger partial charge in [-0.2, -0.15) is 5.10 Å². The van der Waals surface area contributed by atoms with E-state index in [-0.39, 0.29) is 30.2 Å². The third-order valence-corrected chi connectivity index (χ3v) is 6.91. The topological polar surface area (TPSA) is 21.1 Å². The van der Waals surface area contributed by atoms with Crippen molar-refractivity contribution in [3.8, 4) is 0 Å². The fourth-order valence-electron chi connectivity index (χ4n) is 5.04. The number of hydrogen-bond acceptors (Lipinski definition) is 2. The van der Waals surface area contributed by atoms with E-state index in [1.807, 2.05) is 0 Å². The molecule has 0 amide bonds. The van der Waals surface area contributed by atoms with Crippen molar-refractivity contribution in [2.24, 2.45) is 0 Å². The van der Waals surface area contributed by atoms with Gasteiger partial charge in [0.15, 0.2) is 0 Å². The summed E-state index contributed by atoms with van der Waals surface area (Å²) < 4.78 is 2.06. The molecule has 178 valence electrons. The average Bonchev–Trinajstić information content (AvgIpc) is 3.29. The third-order valence-electron chi connectivity index (χ3n) is 6.91. The van der Waals surface area contributed by atoms with Crippen LogP contribution in [0, 0.1) is 6.92 Å². The molecule has 1 aliphatic rings. The van der Waals surface area contributed by atoms with Crippen LogP contribution in [0.3, 0.4) is 0 Å². The Kier molecular flexibility index (Phi) is 8.96. The zero-order valence-corrected chi connectivity index (χ0v) is 21.3. The Morgan fingerprint density at radius 2 is 1.26 bits per heavy atom. The van der Waals surface area contributed by atoms with Crippen LogP contribution in [0.2, 0.25) is 0 Å². The minimum atomic E-state index is 0. The van der Waals surface area contributed by atoms with Gasteiger partial charge in [0.2, 0.25) is 0 Å². The van der Waals surface area contributed by atoms with Gasteiger partial charge in [0, 0.05) is 18.2 Å². The Morgan fingerprint density at radius 1 is 0.706 bits per heavy atom. The fourth-order valence-corrected chi connectivity index (χ4v) is 5.04. The summed E-state index contributed by atoms with van der Waals surface area (Å²) in [5, 5.41) is 4.85. The van der Waals surface area contributed by atoms with Crippen LogP contribution in [-0.4, -0.2) is 27.8 Å². The molecule has 3 nitrogen and oxygen atoms in total. The molecule has 0 bridgehead atoms. The second-order valence-electron chi connectivity index (χ2n) is 9.08. The Hall–Kier alpha value is -2.59. The molecule has 5 rings (SSSR count). The second kappa shape index (κ2) is 11.7. The highest BCUT2D eigenvalue weighted by atomic mass is 35.5. The molecule has 1 aliphatic heterocycles. The Morgan fingerprint density at radius 3 is 1.82 bits per heavy atom. The fraction of sp³-hybridized carbons (Fsp3) is 0.276. The average molecular weight is 495 g/mol. The van der Waals surface area contributed by atoms with Crippen LogP contribution in [0.15, 0.2) is 97.2 Å². The van der Waals surface area contributed by atoms with Crippen molar-refractivity contribution in [3.05, 3.63) is 125 Å². The molecule has 5 heteroatoms. The van der Waals surface area contributed by atoms with E-state index in [0.29, 0.717) is 0 Å². The molecule has 0 aliphatic carbocycles. The highest BCUT2D eigenvalue weighted by molar-refractivity contribution is 5.85. The summed E-state index contributed by atoms with van der Waals surface area (Å²) in [4.78, 5) is 2.56. The predicted molar refractivity (Wildman–Crippen MR) is 145 cm³/mol. The van der Waals surface area contributed by atoms with E-state index in [0.717, 1.165) is 44.7 Å². The first-order valence-corrected chi connectivity index (χ1v) is 11.6. The number of aromatic nitrogens is 2. The molecule has 1 fully saturated rings. The van der Waals surface area contributed by atoms with Gasteiger partial charge in [-0.3, -0.25) is 9.58 Å². The van der Waals surface area contributed by atoms with Crippen molar-refractivity contribution in [2.75, 3.05) is 13.1 Å². The number of aryl methyl sites for hydroxylation is 1. The lowest BCUT2D eigenvalue weighted by Crippen LogP contribution is -2.43. The molecule has 0 atom stereocenters. The summed E-state index contributed by atoms with van der Waals surface area (Å²) in [6.45, 7) is 6.02. The van der Waals surface area contributed by atoms with Gasteiger partial charge in [0.1, 0.15) is 0 Å². The maximum absolute atomic E-state index is 4.85. The van der Waals surface area contributed by atoms with Gasteiger partial charge in [-0.15, -0.1) is 24.8 Å². The monoisotopic (exact) mass is 493 g/mol. The first kappa shape index (κ1) is 26.0. The van der Waals surface area contributed by atoms with Gasteiger partial charge in [0.05, 0.1) is 12.2 Å². The summed E-state index contributed by atoms with van der Waals surface area (Å²) in [7, 11) is 0. The van der Waals surface area contributed by atoms with Gasteiger partial charge in [-0.25, -0.2) is 0 Å². The van der Waals surface area contributed by atoms with Crippen molar-refractivity contribution in [3.63, 3.8) is 0 Å². The molecule has 0 radical (unpaired) electrons. The van der Waals surface area contributed by atoms with Gasteiger partial charge in [-0.05, 0) is 55.6 Å². The zero-order valence-electron chi connectivity index (χ0n) is 19.6. The van der Waals surface area contributed by atoms with Crippen molar-refractivity contribution >= 4 is 24.8 Å². The third kappa shape index (κ3) is 5.72. The summed E-state index contributed by atoms with van der Waals surface area (Å²) >= 11 is 0. The number of nitrogens with zero attached hydrogens (tertiary/aromatic N) is 3. The molecule has 0 unspecified atom stereocenters. The molecule has 0 spiro atoms. The SMILES string of the molecule is Cc1ccc(Cn2ccc(CN3CCC(c4ccccc4)(c4ccccc4)CC3)n2)cc1.Cl.Cl. The van der Waals surface area contributed by atoms with Crippen molar-refractivity contribution in [1.82, 2.24) is 14.7 Å². The van der Waals surface area contributed by atoms with Gasteiger partial charge in [-0.1, -0.05) is 90.5 Å². The molecular weight excluding hydrogens is 461 g/mol. The van der Waals surface area contributed by atoms with Crippen LogP contribution in [0.25, 0.3) is 0 Å². The largest absolute Gasteiger partial charge is 0.297 e.